The number of allylic oxidation sites excluding steroid dienone is 1. The van der Waals surface area contributed by atoms with Crippen molar-refractivity contribution in [2.45, 2.75) is 13.5 Å². The van der Waals surface area contributed by atoms with Crippen LogP contribution < -0.4 is 14.2 Å². The quantitative estimate of drug-likeness (QED) is 0.729. The highest BCUT2D eigenvalue weighted by atomic mass is 16.7. The van der Waals surface area contributed by atoms with Crippen molar-refractivity contribution in [2.24, 2.45) is 0 Å². The number of hydrogen-bond donors (Lipinski definition) is 0. The fourth-order valence-corrected chi connectivity index (χ4v) is 3.64. The van der Waals surface area contributed by atoms with E-state index in [1.54, 1.807) is 13.2 Å². The summed E-state index contributed by atoms with van der Waals surface area (Å²) in [7, 11) is 1.65. The fourth-order valence-electron chi connectivity index (χ4n) is 3.64. The number of amides is 1. The Bertz CT molecular complexity index is 900. The van der Waals surface area contributed by atoms with E-state index in [2.05, 4.69) is 11.0 Å². The average Bonchev–Trinajstić information content (AvgIpc) is 3.22. The van der Waals surface area contributed by atoms with Crippen LogP contribution in [0.15, 0.2) is 48.5 Å². The van der Waals surface area contributed by atoms with E-state index in [1.807, 2.05) is 48.2 Å². The van der Waals surface area contributed by atoms with Gasteiger partial charge in [0.2, 0.25) is 12.7 Å². The molecule has 6 heteroatoms. The lowest BCUT2D eigenvalue weighted by Crippen LogP contribution is -2.47. The number of benzene rings is 2. The third-order valence-electron chi connectivity index (χ3n) is 5.41. The lowest BCUT2D eigenvalue weighted by atomic mass is 10.1. The van der Waals surface area contributed by atoms with Gasteiger partial charge in [-0.1, -0.05) is 18.2 Å². The molecule has 0 saturated carbocycles. The molecule has 0 aromatic heterocycles. The number of nitrogens with zero attached hydrogens (tertiary/aromatic N) is 2. The van der Waals surface area contributed by atoms with Crippen LogP contribution in [0, 0.1) is 0 Å². The lowest BCUT2D eigenvalue weighted by molar-refractivity contribution is -0.127. The standard InChI is InChI=1S/C23H26N2O4/c1-17(19-4-6-20(27-2)7-5-19)13-23(26)25-11-9-24(10-12-25)15-18-3-8-21-22(14-18)29-16-28-21/h3-8,13-14H,9-12,15-16H2,1-2H3/b17-13+. The van der Waals surface area contributed by atoms with Gasteiger partial charge in [0.1, 0.15) is 5.75 Å². The van der Waals surface area contributed by atoms with Gasteiger partial charge >= 0.3 is 0 Å². The van der Waals surface area contributed by atoms with Crippen LogP contribution >= 0.6 is 0 Å². The first-order chi connectivity index (χ1) is 14.1. The van der Waals surface area contributed by atoms with Gasteiger partial charge in [-0.05, 0) is 47.9 Å². The molecular weight excluding hydrogens is 368 g/mol. The van der Waals surface area contributed by atoms with E-state index in [0.717, 1.165) is 61.1 Å². The minimum atomic E-state index is 0.0704. The zero-order valence-electron chi connectivity index (χ0n) is 16.9. The molecular formula is C23H26N2O4. The first-order valence-electron chi connectivity index (χ1n) is 9.85. The molecule has 0 spiro atoms. The van der Waals surface area contributed by atoms with E-state index in [1.165, 1.54) is 5.56 Å². The Balaban J connectivity index is 1.31. The molecule has 2 aliphatic rings. The van der Waals surface area contributed by atoms with E-state index >= 15 is 0 Å². The number of carbonyl (C=O) groups is 1. The summed E-state index contributed by atoms with van der Waals surface area (Å²) in [5.41, 5.74) is 3.19. The second-order valence-electron chi connectivity index (χ2n) is 7.34. The molecule has 6 nitrogen and oxygen atoms in total. The molecule has 4 rings (SSSR count). The number of ether oxygens (including phenoxy) is 3. The summed E-state index contributed by atoms with van der Waals surface area (Å²) in [5.74, 6) is 2.51. The van der Waals surface area contributed by atoms with Gasteiger partial charge in [-0.25, -0.2) is 0 Å². The third-order valence-corrected chi connectivity index (χ3v) is 5.41. The number of hydrogen-bond acceptors (Lipinski definition) is 5. The van der Waals surface area contributed by atoms with Crippen molar-refractivity contribution < 1.29 is 19.0 Å². The average molecular weight is 394 g/mol. The highest BCUT2D eigenvalue weighted by Gasteiger charge is 2.21. The van der Waals surface area contributed by atoms with Gasteiger partial charge in [-0.15, -0.1) is 0 Å². The molecule has 29 heavy (non-hydrogen) atoms. The van der Waals surface area contributed by atoms with Gasteiger partial charge in [0.25, 0.3) is 0 Å². The SMILES string of the molecule is COc1ccc(/C(C)=C/C(=O)N2CCN(Cc3ccc4c(c3)OCO4)CC2)cc1. The maximum Gasteiger partial charge on any atom is 0.246 e. The van der Waals surface area contributed by atoms with Crippen LogP contribution in [0.4, 0.5) is 0 Å². The van der Waals surface area contributed by atoms with Gasteiger partial charge in [-0.3, -0.25) is 9.69 Å². The molecule has 0 bridgehead atoms. The van der Waals surface area contributed by atoms with E-state index < -0.39 is 0 Å². The molecule has 1 saturated heterocycles. The predicted molar refractivity (Wildman–Crippen MR) is 111 cm³/mol. The highest BCUT2D eigenvalue weighted by molar-refractivity contribution is 5.95. The Hall–Kier alpha value is -2.99. The van der Waals surface area contributed by atoms with Crippen molar-refractivity contribution in [2.75, 3.05) is 40.1 Å². The third kappa shape index (κ3) is 4.54. The second kappa shape index (κ2) is 8.57. The predicted octanol–water partition coefficient (Wildman–Crippen LogP) is 3.17. The monoisotopic (exact) mass is 394 g/mol. The molecule has 1 amide bonds. The Morgan fingerprint density at radius 3 is 2.48 bits per heavy atom. The number of rotatable bonds is 5. The second-order valence-corrected chi connectivity index (χ2v) is 7.34. The summed E-state index contributed by atoms with van der Waals surface area (Å²) in [6.45, 7) is 6.29. The molecule has 2 aromatic rings. The Morgan fingerprint density at radius 2 is 1.76 bits per heavy atom. The fraction of sp³-hybridized carbons (Fsp3) is 0.348. The van der Waals surface area contributed by atoms with Crippen molar-refractivity contribution in [3.63, 3.8) is 0 Å². The topological polar surface area (TPSA) is 51.2 Å². The molecule has 2 heterocycles. The zero-order valence-corrected chi connectivity index (χ0v) is 16.9. The molecule has 2 aromatic carbocycles. The molecule has 2 aliphatic heterocycles. The van der Waals surface area contributed by atoms with E-state index in [0.29, 0.717) is 6.79 Å². The first-order valence-corrected chi connectivity index (χ1v) is 9.85. The normalized spacial score (nSPS) is 16.8. The van der Waals surface area contributed by atoms with Crippen LogP contribution in [-0.4, -0.2) is 55.8 Å². The van der Waals surface area contributed by atoms with Crippen molar-refractivity contribution in [1.82, 2.24) is 9.80 Å². The smallest absolute Gasteiger partial charge is 0.246 e. The summed E-state index contributed by atoms with van der Waals surface area (Å²) in [6, 6.07) is 13.8. The van der Waals surface area contributed by atoms with Crippen LogP contribution in [0.5, 0.6) is 17.2 Å². The van der Waals surface area contributed by atoms with Gasteiger partial charge in [-0.2, -0.15) is 0 Å². The number of methoxy groups -OCH3 is 1. The van der Waals surface area contributed by atoms with Gasteiger partial charge in [0.15, 0.2) is 11.5 Å². The lowest BCUT2D eigenvalue weighted by Gasteiger charge is -2.34. The van der Waals surface area contributed by atoms with Crippen LogP contribution in [0.3, 0.4) is 0 Å². The molecule has 0 N–H and O–H groups in total. The van der Waals surface area contributed by atoms with Crippen molar-refractivity contribution >= 4 is 11.5 Å². The largest absolute Gasteiger partial charge is 0.497 e. The minimum Gasteiger partial charge on any atom is -0.497 e. The van der Waals surface area contributed by atoms with E-state index in [4.69, 9.17) is 14.2 Å². The Labute approximate surface area is 171 Å². The van der Waals surface area contributed by atoms with Crippen molar-refractivity contribution in [3.05, 3.63) is 59.7 Å². The van der Waals surface area contributed by atoms with E-state index in [9.17, 15) is 4.79 Å². The zero-order chi connectivity index (χ0) is 20.2. The summed E-state index contributed by atoms with van der Waals surface area (Å²) in [4.78, 5) is 17.0. The van der Waals surface area contributed by atoms with Gasteiger partial charge < -0.3 is 19.1 Å². The molecule has 1 fully saturated rings. The Kier molecular flexibility index (Phi) is 5.71. The Morgan fingerprint density at radius 1 is 1.03 bits per heavy atom. The summed E-state index contributed by atoms with van der Waals surface area (Å²) < 4.78 is 16.0. The van der Waals surface area contributed by atoms with Gasteiger partial charge in [0, 0.05) is 38.8 Å². The van der Waals surface area contributed by atoms with Crippen LogP contribution in [0.2, 0.25) is 0 Å². The van der Waals surface area contributed by atoms with Crippen LogP contribution in [0.1, 0.15) is 18.1 Å². The number of carbonyl (C=O) groups excluding carboxylic acids is 1. The summed E-state index contributed by atoms with van der Waals surface area (Å²) in [6.07, 6.45) is 1.73. The molecule has 0 atom stereocenters. The van der Waals surface area contributed by atoms with Gasteiger partial charge in [0.05, 0.1) is 7.11 Å². The highest BCUT2D eigenvalue weighted by Crippen LogP contribution is 2.32. The van der Waals surface area contributed by atoms with E-state index in [-0.39, 0.29) is 5.91 Å². The maximum absolute atomic E-state index is 12.7. The van der Waals surface area contributed by atoms with Crippen LogP contribution in [-0.2, 0) is 11.3 Å². The molecule has 0 radical (unpaired) electrons. The minimum absolute atomic E-state index is 0.0704. The number of fused-ring (bicyclic) bond motifs is 1. The van der Waals surface area contributed by atoms with Crippen molar-refractivity contribution in [3.8, 4) is 17.2 Å². The maximum atomic E-state index is 12.7. The summed E-state index contributed by atoms with van der Waals surface area (Å²) in [5, 5.41) is 0. The van der Waals surface area contributed by atoms with Crippen LogP contribution in [0.25, 0.3) is 5.57 Å². The first kappa shape index (κ1) is 19.3. The molecule has 152 valence electrons. The number of piperazine rings is 1. The van der Waals surface area contributed by atoms with Crippen molar-refractivity contribution in [1.29, 1.82) is 0 Å². The molecule has 0 unspecified atom stereocenters. The molecule has 0 aliphatic carbocycles. The summed E-state index contributed by atoms with van der Waals surface area (Å²) >= 11 is 0.